The molecule has 0 aliphatic carbocycles. The van der Waals surface area contributed by atoms with Gasteiger partial charge >= 0.3 is 17.9 Å². The van der Waals surface area contributed by atoms with Crippen molar-refractivity contribution in [1.82, 2.24) is 0 Å². The first-order chi connectivity index (χ1) is 32.0. The minimum atomic E-state index is -0.829. The Kier molecular flexibility index (Phi) is 49.5. The Morgan fingerprint density at radius 1 is 0.323 bits per heavy atom. The molecule has 0 heterocycles. The van der Waals surface area contributed by atoms with E-state index in [0.717, 1.165) is 122 Å². The fourth-order valence-corrected chi connectivity index (χ4v) is 6.79. The van der Waals surface area contributed by atoms with Crippen LogP contribution in [0.3, 0.4) is 0 Å². The van der Waals surface area contributed by atoms with Crippen LogP contribution in [0.25, 0.3) is 0 Å². The normalized spacial score (nSPS) is 13.0. The van der Waals surface area contributed by atoms with Crippen LogP contribution in [0.4, 0.5) is 0 Å². The minimum absolute atomic E-state index is 0.120. The zero-order valence-electron chi connectivity index (χ0n) is 42.0. The third-order valence-corrected chi connectivity index (χ3v) is 10.7. The fraction of sp³-hybridized carbons (Fsp3) is 0.644. The highest BCUT2D eigenvalue weighted by Crippen LogP contribution is 2.12. The molecule has 0 aromatic carbocycles. The van der Waals surface area contributed by atoms with E-state index in [1.807, 2.05) is 12.2 Å². The van der Waals surface area contributed by atoms with Crippen molar-refractivity contribution in [3.8, 4) is 0 Å². The molecule has 368 valence electrons. The van der Waals surface area contributed by atoms with Crippen molar-refractivity contribution in [2.75, 3.05) is 13.2 Å². The molecule has 0 aromatic heterocycles. The summed E-state index contributed by atoms with van der Waals surface area (Å²) < 4.78 is 16.7. The van der Waals surface area contributed by atoms with E-state index in [1.54, 1.807) is 0 Å². The van der Waals surface area contributed by atoms with Crippen molar-refractivity contribution < 1.29 is 28.6 Å². The molecule has 0 rings (SSSR count). The zero-order valence-corrected chi connectivity index (χ0v) is 42.0. The predicted octanol–water partition coefficient (Wildman–Crippen LogP) is 17.5. The lowest BCUT2D eigenvalue weighted by molar-refractivity contribution is -0.166. The number of unbranched alkanes of at least 4 members (excludes halogenated alkanes) is 17. The van der Waals surface area contributed by atoms with Gasteiger partial charge in [-0.3, -0.25) is 14.4 Å². The molecule has 0 N–H and O–H groups in total. The number of carbonyl (C=O) groups is 3. The number of rotatable bonds is 46. The molecule has 0 amide bonds. The van der Waals surface area contributed by atoms with Crippen molar-refractivity contribution in [2.24, 2.45) is 0 Å². The van der Waals surface area contributed by atoms with Crippen LogP contribution in [0.15, 0.2) is 109 Å². The fourth-order valence-electron chi connectivity index (χ4n) is 6.79. The lowest BCUT2D eigenvalue weighted by Crippen LogP contribution is -2.30. The molecule has 0 saturated carbocycles. The van der Waals surface area contributed by atoms with Gasteiger partial charge in [-0.05, 0) is 109 Å². The molecule has 1 atom stereocenters. The van der Waals surface area contributed by atoms with Crippen molar-refractivity contribution >= 4 is 17.9 Å². The van der Waals surface area contributed by atoms with Crippen LogP contribution in [0.5, 0.6) is 0 Å². The maximum atomic E-state index is 12.7. The standard InChI is InChI=1S/C59H96O6/c1-4-7-10-13-16-19-22-25-26-27-28-29-30-31-32-35-37-40-43-46-49-52-58(61)64-55-56(65-59(62)53-50-47-44-41-38-34-24-21-18-15-12-9-6-3)54-63-57(60)51-48-45-42-39-36-33-23-20-17-14-11-8-5-2/h9,11-12,14,18,20-23,25,27-28,30-31,34,38,44,47,56H,4-8,10,13,15-17,19,24,26,29,32-33,35-37,39-43,45-46,48-55H2,1-3H3/b12-9-,14-11-,21-18-,23-20-,25-22-,28-27-,31-30-,38-34-,47-44-. The summed E-state index contributed by atoms with van der Waals surface area (Å²) in [6.45, 7) is 6.35. The second-order valence-corrected chi connectivity index (χ2v) is 17.0. The number of ether oxygens (including phenoxy) is 3. The van der Waals surface area contributed by atoms with Crippen LogP contribution in [0.2, 0.25) is 0 Å². The second-order valence-electron chi connectivity index (χ2n) is 17.0. The van der Waals surface area contributed by atoms with Crippen LogP contribution in [-0.2, 0) is 28.6 Å². The Hall–Kier alpha value is -3.93. The lowest BCUT2D eigenvalue weighted by atomic mass is 10.1. The third-order valence-electron chi connectivity index (χ3n) is 10.7. The summed E-state index contributed by atoms with van der Waals surface area (Å²) in [4.78, 5) is 37.9. The van der Waals surface area contributed by atoms with E-state index in [0.29, 0.717) is 19.3 Å². The zero-order chi connectivity index (χ0) is 47.2. The molecule has 0 saturated heterocycles. The molecular weight excluding hydrogens is 805 g/mol. The number of esters is 3. The topological polar surface area (TPSA) is 78.9 Å². The van der Waals surface area contributed by atoms with E-state index in [2.05, 4.69) is 118 Å². The molecule has 1 unspecified atom stereocenters. The first kappa shape index (κ1) is 61.1. The Labute approximate surface area is 400 Å². The van der Waals surface area contributed by atoms with Crippen molar-refractivity contribution in [1.29, 1.82) is 0 Å². The maximum absolute atomic E-state index is 12.7. The minimum Gasteiger partial charge on any atom is -0.462 e. The van der Waals surface area contributed by atoms with Gasteiger partial charge in [0.25, 0.3) is 0 Å². The van der Waals surface area contributed by atoms with E-state index in [9.17, 15) is 14.4 Å². The van der Waals surface area contributed by atoms with Crippen LogP contribution >= 0.6 is 0 Å². The van der Waals surface area contributed by atoms with Crippen LogP contribution in [-0.4, -0.2) is 37.2 Å². The van der Waals surface area contributed by atoms with Crippen molar-refractivity contribution in [2.45, 2.75) is 232 Å². The van der Waals surface area contributed by atoms with Gasteiger partial charge in [-0.2, -0.15) is 0 Å². The van der Waals surface area contributed by atoms with Gasteiger partial charge in [-0.25, -0.2) is 0 Å². The molecule has 0 aliphatic rings. The highest BCUT2D eigenvalue weighted by atomic mass is 16.6. The van der Waals surface area contributed by atoms with Gasteiger partial charge in [-0.1, -0.05) is 207 Å². The SMILES string of the molecule is CC/C=C\C/C=C\C/C=C\C/C=C\CCC(=O)OC(COC(=O)CCCCCCC/C=C\C/C=C\CCC)COC(=O)CCCCCCCC/C=C\C/C=C\C/C=C\CCCCCCC. The molecule has 0 aliphatic heterocycles. The van der Waals surface area contributed by atoms with Crippen molar-refractivity contribution in [3.63, 3.8) is 0 Å². The Morgan fingerprint density at radius 2 is 0.662 bits per heavy atom. The second kappa shape index (κ2) is 52.7. The van der Waals surface area contributed by atoms with Gasteiger partial charge < -0.3 is 14.2 Å². The van der Waals surface area contributed by atoms with Gasteiger partial charge in [0.05, 0.1) is 0 Å². The lowest BCUT2D eigenvalue weighted by Gasteiger charge is -2.18. The van der Waals surface area contributed by atoms with E-state index in [4.69, 9.17) is 14.2 Å². The summed E-state index contributed by atoms with van der Waals surface area (Å²) in [5, 5.41) is 0. The molecule has 0 aromatic rings. The molecule has 0 fully saturated rings. The average Bonchev–Trinajstić information content (AvgIpc) is 3.30. The largest absolute Gasteiger partial charge is 0.462 e. The number of allylic oxidation sites excluding steroid dienone is 18. The van der Waals surface area contributed by atoms with Gasteiger partial charge in [0.15, 0.2) is 6.10 Å². The Morgan fingerprint density at radius 3 is 1.06 bits per heavy atom. The van der Waals surface area contributed by atoms with E-state index >= 15 is 0 Å². The van der Waals surface area contributed by atoms with Crippen LogP contribution in [0, 0.1) is 0 Å². The predicted molar refractivity (Wildman–Crippen MR) is 279 cm³/mol. The molecular formula is C59H96O6. The van der Waals surface area contributed by atoms with E-state index < -0.39 is 12.1 Å². The van der Waals surface area contributed by atoms with Crippen molar-refractivity contribution in [3.05, 3.63) is 109 Å². The highest BCUT2D eigenvalue weighted by molar-refractivity contribution is 5.71. The van der Waals surface area contributed by atoms with Gasteiger partial charge in [0.2, 0.25) is 0 Å². The quantitative estimate of drug-likeness (QED) is 0.0262. The van der Waals surface area contributed by atoms with Gasteiger partial charge in [0, 0.05) is 19.3 Å². The summed E-state index contributed by atoms with van der Waals surface area (Å²) in [6, 6.07) is 0. The van der Waals surface area contributed by atoms with E-state index in [1.165, 1.54) is 57.8 Å². The first-order valence-corrected chi connectivity index (χ1v) is 26.4. The van der Waals surface area contributed by atoms with Crippen LogP contribution in [0.1, 0.15) is 226 Å². The van der Waals surface area contributed by atoms with Gasteiger partial charge in [-0.15, -0.1) is 0 Å². The highest BCUT2D eigenvalue weighted by Gasteiger charge is 2.19. The molecule has 0 bridgehead atoms. The smallest absolute Gasteiger partial charge is 0.306 e. The summed E-state index contributed by atoms with van der Waals surface area (Å²) in [5.74, 6) is -1.03. The number of hydrogen-bond acceptors (Lipinski definition) is 6. The summed E-state index contributed by atoms with van der Waals surface area (Å²) >= 11 is 0. The first-order valence-electron chi connectivity index (χ1n) is 26.4. The summed E-state index contributed by atoms with van der Waals surface area (Å²) in [5.41, 5.74) is 0. The molecule has 0 radical (unpaired) electrons. The molecule has 0 spiro atoms. The number of carbonyl (C=O) groups excluding carboxylic acids is 3. The molecule has 65 heavy (non-hydrogen) atoms. The molecule has 6 nitrogen and oxygen atoms in total. The Bertz CT molecular complexity index is 1360. The summed E-state index contributed by atoms with van der Waals surface area (Å²) in [7, 11) is 0. The van der Waals surface area contributed by atoms with Gasteiger partial charge in [0.1, 0.15) is 13.2 Å². The Balaban J connectivity index is 4.46. The monoisotopic (exact) mass is 901 g/mol. The summed E-state index contributed by atoms with van der Waals surface area (Å²) in [6.07, 6.45) is 70.9. The van der Waals surface area contributed by atoms with Crippen LogP contribution < -0.4 is 0 Å². The van der Waals surface area contributed by atoms with E-state index in [-0.39, 0.29) is 31.6 Å². The third kappa shape index (κ3) is 50.9. The molecule has 6 heteroatoms. The maximum Gasteiger partial charge on any atom is 0.306 e. The average molecular weight is 901 g/mol. The number of hydrogen-bond donors (Lipinski definition) is 0.